The Morgan fingerprint density at radius 2 is 1.61 bits per heavy atom. The van der Waals surface area contributed by atoms with E-state index in [-0.39, 0.29) is 45.5 Å². The lowest BCUT2D eigenvalue weighted by molar-refractivity contribution is -0.138. The molecule has 6 atom stereocenters. The van der Waals surface area contributed by atoms with Crippen molar-refractivity contribution in [1.29, 1.82) is 0 Å². The van der Waals surface area contributed by atoms with Crippen LogP contribution in [0.3, 0.4) is 0 Å². The van der Waals surface area contributed by atoms with Gasteiger partial charge >= 0.3 is 7.12 Å². The number of carbonyl (C=O) groups excluding carboxylic acids is 4. The number of halogens is 3. The van der Waals surface area contributed by atoms with Crippen molar-refractivity contribution in [1.82, 2.24) is 5.01 Å². The summed E-state index contributed by atoms with van der Waals surface area (Å²) in [5, 5.41) is 31.7. The SMILES string of the molecule is COc1ccc(C23C(=O)N(Nc4ccc(Cl)cc4Cl)C(=O)C2CC2C(=CCC4C(=O)N(c5cccc(B(O)O)c5)C(=O)C42)C3c2ccc(O)cc2Cl)cc1. The second-order valence-electron chi connectivity index (χ2n) is 13.9. The molecule has 4 N–H and O–H groups in total. The number of hydrazine groups is 1. The van der Waals surface area contributed by atoms with Gasteiger partial charge in [0, 0.05) is 16.0 Å². The highest BCUT2D eigenvalue weighted by atomic mass is 35.5. The topological polar surface area (TPSA) is 157 Å². The molecule has 15 heteroatoms. The van der Waals surface area contributed by atoms with Gasteiger partial charge in [0.2, 0.25) is 11.8 Å². The number of phenols is 1. The van der Waals surface area contributed by atoms with E-state index in [2.05, 4.69) is 5.43 Å². The van der Waals surface area contributed by atoms with Crippen molar-refractivity contribution >= 4 is 82.4 Å². The van der Waals surface area contributed by atoms with Crippen LogP contribution < -0.4 is 20.5 Å². The maximum atomic E-state index is 15.4. The molecule has 0 radical (unpaired) electrons. The Morgan fingerprint density at radius 3 is 2.30 bits per heavy atom. The number of hydrogen-bond acceptors (Lipinski definition) is 9. The van der Waals surface area contributed by atoms with Gasteiger partial charge in [0.25, 0.3) is 11.8 Å². The summed E-state index contributed by atoms with van der Waals surface area (Å²) in [5.41, 5.74) is 3.45. The standard InChI is InChI=1S/C39H31BCl3N3O8/c1-54-24-9-5-19(6-10-24)39-29(36(49)46(38(39)51)44-32-14-7-21(41)16-31(32)43)18-28-25(34(39)26-11-8-23(47)17-30(26)42)12-13-27-33(28)37(50)45(35(27)48)22-4-2-3-20(15-22)40(52)53/h2-12,14-17,27-29,33-34,44,47,52-53H,13,18H2,1H3. The first-order valence-electron chi connectivity index (χ1n) is 17.1. The molecular formula is C39H31BCl3N3O8. The molecule has 4 aliphatic rings. The molecule has 2 aliphatic carbocycles. The Bertz CT molecular complexity index is 2290. The van der Waals surface area contributed by atoms with Crippen LogP contribution in [0.25, 0.3) is 0 Å². The number of nitrogens with one attached hydrogen (secondary N) is 1. The van der Waals surface area contributed by atoms with E-state index in [1.165, 1.54) is 43.5 Å². The maximum Gasteiger partial charge on any atom is 0.488 e. The lowest BCUT2D eigenvalue weighted by atomic mass is 9.49. The number of anilines is 2. The van der Waals surface area contributed by atoms with Crippen molar-refractivity contribution in [2.45, 2.75) is 24.2 Å². The average Bonchev–Trinajstić information content (AvgIpc) is 3.53. The zero-order chi connectivity index (χ0) is 38.2. The van der Waals surface area contributed by atoms with Gasteiger partial charge in [-0.3, -0.25) is 29.5 Å². The van der Waals surface area contributed by atoms with Crippen molar-refractivity contribution in [2.75, 3.05) is 17.4 Å². The number of aromatic hydroxyl groups is 1. The van der Waals surface area contributed by atoms with E-state index in [9.17, 15) is 29.5 Å². The fraction of sp³-hybridized carbons (Fsp3) is 0.231. The quantitative estimate of drug-likeness (QED) is 0.112. The second-order valence-corrected chi connectivity index (χ2v) is 15.1. The van der Waals surface area contributed by atoms with Crippen LogP contribution in [-0.2, 0) is 24.6 Å². The number of fused-ring (bicyclic) bond motifs is 4. The molecule has 4 amide bonds. The zero-order valence-electron chi connectivity index (χ0n) is 28.4. The van der Waals surface area contributed by atoms with Crippen LogP contribution in [-0.4, -0.2) is 58.0 Å². The summed E-state index contributed by atoms with van der Waals surface area (Å²) in [5.74, 6) is -6.15. The number of rotatable bonds is 7. The number of carbonyl (C=O) groups is 4. The molecule has 6 unspecified atom stereocenters. The largest absolute Gasteiger partial charge is 0.508 e. The molecule has 54 heavy (non-hydrogen) atoms. The van der Waals surface area contributed by atoms with Crippen molar-refractivity contribution in [2.24, 2.45) is 23.7 Å². The molecule has 274 valence electrons. The van der Waals surface area contributed by atoms with Crippen molar-refractivity contribution < 1.29 is 39.1 Å². The number of imide groups is 2. The Labute approximate surface area is 324 Å². The summed E-state index contributed by atoms with van der Waals surface area (Å²) in [7, 11) is -0.306. The van der Waals surface area contributed by atoms with Gasteiger partial charge in [-0.25, -0.2) is 0 Å². The highest BCUT2D eigenvalue weighted by Crippen LogP contribution is 2.65. The molecule has 0 bridgehead atoms. The van der Waals surface area contributed by atoms with Gasteiger partial charge in [-0.2, -0.15) is 5.01 Å². The molecule has 3 fully saturated rings. The van der Waals surface area contributed by atoms with Crippen molar-refractivity contribution in [3.63, 3.8) is 0 Å². The van der Waals surface area contributed by atoms with Gasteiger partial charge in [0.1, 0.15) is 11.5 Å². The molecule has 8 rings (SSSR count). The Hall–Kier alpha value is -4.85. The molecule has 4 aromatic carbocycles. The van der Waals surface area contributed by atoms with Gasteiger partial charge in [-0.15, -0.1) is 0 Å². The van der Waals surface area contributed by atoms with E-state index >= 15 is 4.79 Å². The van der Waals surface area contributed by atoms with E-state index in [1.54, 1.807) is 48.5 Å². The number of hydrogen-bond donors (Lipinski definition) is 4. The second kappa shape index (κ2) is 13.5. The minimum Gasteiger partial charge on any atom is -0.508 e. The molecule has 4 aromatic rings. The fourth-order valence-electron chi connectivity index (χ4n) is 9.02. The third-order valence-corrected chi connectivity index (χ3v) is 12.2. The van der Waals surface area contributed by atoms with Gasteiger partial charge in [0.15, 0.2) is 0 Å². The normalized spacial score (nSPS) is 26.0. The summed E-state index contributed by atoms with van der Waals surface area (Å²) < 4.78 is 5.44. The summed E-state index contributed by atoms with van der Waals surface area (Å²) in [6, 6.07) is 21.8. The number of benzene rings is 4. The predicted molar refractivity (Wildman–Crippen MR) is 203 cm³/mol. The lowest BCUT2D eigenvalue weighted by Crippen LogP contribution is -2.53. The highest BCUT2D eigenvalue weighted by Gasteiger charge is 2.70. The lowest BCUT2D eigenvalue weighted by Gasteiger charge is -2.50. The number of ether oxygens (including phenoxy) is 1. The van der Waals surface area contributed by atoms with Crippen molar-refractivity contribution in [3.05, 3.63) is 123 Å². The smallest absolute Gasteiger partial charge is 0.488 e. The molecule has 1 saturated carbocycles. The predicted octanol–water partition coefficient (Wildman–Crippen LogP) is 5.23. The van der Waals surface area contributed by atoms with Crippen LogP contribution in [0.4, 0.5) is 11.4 Å². The molecule has 0 spiro atoms. The molecule has 11 nitrogen and oxygen atoms in total. The molecule has 2 aliphatic heterocycles. The third kappa shape index (κ3) is 5.42. The van der Waals surface area contributed by atoms with E-state index in [0.717, 1.165) is 9.91 Å². The number of nitrogens with zero attached hydrogens (tertiary/aromatic N) is 2. The third-order valence-electron chi connectivity index (χ3n) is 11.3. The summed E-state index contributed by atoms with van der Waals surface area (Å²) >= 11 is 19.6. The van der Waals surface area contributed by atoms with E-state index < -0.39 is 65.8 Å². The maximum absolute atomic E-state index is 15.4. The number of allylic oxidation sites excluding steroid dienone is 2. The summed E-state index contributed by atoms with van der Waals surface area (Å²) in [6.07, 6.45) is 2.05. The molecule has 2 saturated heterocycles. The van der Waals surface area contributed by atoms with Crippen LogP contribution in [0.1, 0.15) is 29.9 Å². The minimum atomic E-state index is -1.82. The number of amides is 4. The van der Waals surface area contributed by atoms with E-state index in [0.29, 0.717) is 27.5 Å². The Kier molecular flexibility index (Phi) is 9.02. The highest BCUT2D eigenvalue weighted by molar-refractivity contribution is 6.58. The van der Waals surface area contributed by atoms with Gasteiger partial charge in [-0.1, -0.05) is 76.8 Å². The Morgan fingerprint density at radius 1 is 0.852 bits per heavy atom. The number of phenolic OH excluding ortho intramolecular Hbond substituents is 1. The van der Waals surface area contributed by atoms with Crippen LogP contribution in [0.15, 0.2) is 96.6 Å². The molecule has 2 heterocycles. The van der Waals surface area contributed by atoms with E-state index in [1.807, 2.05) is 6.08 Å². The Balaban J connectivity index is 1.32. The zero-order valence-corrected chi connectivity index (χ0v) is 30.7. The van der Waals surface area contributed by atoms with Gasteiger partial charge in [0.05, 0.1) is 46.7 Å². The van der Waals surface area contributed by atoms with Gasteiger partial charge < -0.3 is 19.9 Å². The van der Waals surface area contributed by atoms with Gasteiger partial charge in [-0.05, 0) is 89.9 Å². The van der Waals surface area contributed by atoms with Crippen LogP contribution >= 0.6 is 34.8 Å². The fourth-order valence-corrected chi connectivity index (χ4v) is 9.75. The number of methoxy groups -OCH3 is 1. The molecule has 0 aromatic heterocycles. The first-order chi connectivity index (χ1) is 25.9. The van der Waals surface area contributed by atoms with Crippen molar-refractivity contribution in [3.8, 4) is 11.5 Å². The summed E-state index contributed by atoms with van der Waals surface area (Å²) in [4.78, 5) is 60.0. The summed E-state index contributed by atoms with van der Waals surface area (Å²) in [6.45, 7) is 0. The first-order valence-corrected chi connectivity index (χ1v) is 18.3. The minimum absolute atomic E-state index is 0.0184. The first kappa shape index (κ1) is 36.1. The van der Waals surface area contributed by atoms with E-state index in [4.69, 9.17) is 39.5 Å². The van der Waals surface area contributed by atoms with Crippen LogP contribution in [0.5, 0.6) is 11.5 Å². The molecular weight excluding hydrogens is 756 g/mol. The average molecular weight is 787 g/mol. The monoisotopic (exact) mass is 785 g/mol. The van der Waals surface area contributed by atoms with Crippen LogP contribution in [0.2, 0.25) is 15.1 Å². The van der Waals surface area contributed by atoms with Crippen LogP contribution in [0, 0.1) is 23.7 Å².